The molecule has 190 valence electrons. The fraction of sp³-hybridized carbons (Fsp3) is 0.581. The summed E-state index contributed by atoms with van der Waals surface area (Å²) in [5.41, 5.74) is 13.1. The molecule has 0 saturated carbocycles. The van der Waals surface area contributed by atoms with Crippen molar-refractivity contribution in [2.45, 2.75) is 104 Å². The summed E-state index contributed by atoms with van der Waals surface area (Å²) in [5, 5.41) is 3.30. The van der Waals surface area contributed by atoms with Crippen molar-refractivity contribution in [3.05, 3.63) is 64.7 Å². The van der Waals surface area contributed by atoms with Crippen LogP contribution in [0.5, 0.6) is 0 Å². The molecule has 0 fully saturated rings. The van der Waals surface area contributed by atoms with Crippen molar-refractivity contribution in [1.29, 1.82) is 0 Å². The van der Waals surface area contributed by atoms with E-state index in [4.69, 9.17) is 10.5 Å². The number of nitrogens with two attached hydrogens (primary N) is 1. The molecule has 0 bridgehead atoms. The predicted molar refractivity (Wildman–Crippen MR) is 150 cm³/mol. The van der Waals surface area contributed by atoms with Gasteiger partial charge >= 0.3 is 0 Å². The molecule has 2 aromatic carbocycles. The van der Waals surface area contributed by atoms with Crippen LogP contribution in [0.1, 0.15) is 101 Å². The highest BCUT2D eigenvalue weighted by Gasteiger charge is 2.27. The molecule has 1 unspecified atom stereocenters. The third-order valence-corrected chi connectivity index (χ3v) is 6.92. The van der Waals surface area contributed by atoms with Crippen LogP contribution in [-0.2, 0) is 24.1 Å². The summed E-state index contributed by atoms with van der Waals surface area (Å²) < 4.78 is 0. The lowest BCUT2D eigenvalue weighted by Gasteiger charge is -2.32. The van der Waals surface area contributed by atoms with Crippen molar-refractivity contribution in [3.63, 3.8) is 0 Å². The lowest BCUT2D eigenvalue weighted by Crippen LogP contribution is -2.21. The summed E-state index contributed by atoms with van der Waals surface area (Å²) in [7, 11) is 2.01. The normalized spacial score (nSPS) is 17.3. The highest BCUT2D eigenvalue weighted by Crippen LogP contribution is 2.39. The minimum atomic E-state index is 0.454. The largest absolute Gasteiger partial charge is 0.388 e. The second kappa shape index (κ2) is 17.3. The van der Waals surface area contributed by atoms with Gasteiger partial charge in [0.1, 0.15) is 6.29 Å². The molecule has 3 rings (SSSR count). The molecule has 3 heteroatoms. The Bertz CT molecular complexity index is 817. The fourth-order valence-electron chi connectivity index (χ4n) is 4.72. The zero-order valence-electron chi connectivity index (χ0n) is 22.7. The van der Waals surface area contributed by atoms with Crippen molar-refractivity contribution in [1.82, 2.24) is 0 Å². The lowest BCUT2D eigenvalue weighted by atomic mass is 9.73. The van der Waals surface area contributed by atoms with E-state index in [-0.39, 0.29) is 0 Å². The van der Waals surface area contributed by atoms with Crippen molar-refractivity contribution >= 4 is 12.0 Å². The number of aryl methyl sites for hydroxylation is 2. The van der Waals surface area contributed by atoms with Crippen molar-refractivity contribution < 1.29 is 4.79 Å². The van der Waals surface area contributed by atoms with Crippen LogP contribution in [0.2, 0.25) is 0 Å². The average Bonchev–Trinajstić information content (AvgIpc) is 2.86. The smallest absolute Gasteiger partial charge is 0.116 e. The number of aldehydes is 1. The maximum atomic E-state index is 8.81. The van der Waals surface area contributed by atoms with Crippen LogP contribution >= 0.6 is 0 Å². The second-order valence-electron chi connectivity index (χ2n) is 9.56. The van der Waals surface area contributed by atoms with Gasteiger partial charge in [0.25, 0.3) is 0 Å². The molecule has 0 heterocycles. The lowest BCUT2D eigenvalue weighted by molar-refractivity contribution is -0.106. The number of rotatable bonds is 9. The zero-order valence-corrected chi connectivity index (χ0v) is 22.7. The Kier molecular flexibility index (Phi) is 15.2. The van der Waals surface area contributed by atoms with E-state index in [9.17, 15) is 0 Å². The summed E-state index contributed by atoms with van der Waals surface area (Å²) >= 11 is 0. The molecule has 1 aliphatic carbocycles. The first-order chi connectivity index (χ1) is 16.4. The molecule has 3 N–H and O–H groups in total. The van der Waals surface area contributed by atoms with Gasteiger partial charge in [0.05, 0.1) is 0 Å². The molecule has 34 heavy (non-hydrogen) atoms. The Morgan fingerprint density at radius 2 is 1.79 bits per heavy atom. The van der Waals surface area contributed by atoms with Gasteiger partial charge in [-0.2, -0.15) is 0 Å². The van der Waals surface area contributed by atoms with E-state index in [1.807, 2.05) is 7.05 Å². The van der Waals surface area contributed by atoms with Crippen LogP contribution < -0.4 is 11.1 Å². The van der Waals surface area contributed by atoms with Crippen LogP contribution in [0.3, 0.4) is 0 Å². The van der Waals surface area contributed by atoms with Gasteiger partial charge in [-0.3, -0.25) is 0 Å². The molecule has 0 spiro atoms. The Morgan fingerprint density at radius 1 is 1.09 bits per heavy atom. The van der Waals surface area contributed by atoms with Gasteiger partial charge in [0.2, 0.25) is 0 Å². The average molecular weight is 467 g/mol. The van der Waals surface area contributed by atoms with E-state index in [1.165, 1.54) is 75.1 Å². The minimum Gasteiger partial charge on any atom is -0.388 e. The number of hydrogen-bond donors (Lipinski definition) is 2. The summed E-state index contributed by atoms with van der Waals surface area (Å²) in [6, 6.07) is 16.4. The van der Waals surface area contributed by atoms with Crippen LogP contribution in [0.25, 0.3) is 0 Å². The second-order valence-corrected chi connectivity index (χ2v) is 9.56. The van der Waals surface area contributed by atoms with Gasteiger partial charge in [-0.1, -0.05) is 77.3 Å². The molecule has 2 aromatic rings. The van der Waals surface area contributed by atoms with Crippen LogP contribution in [0.4, 0.5) is 5.69 Å². The Morgan fingerprint density at radius 3 is 2.41 bits per heavy atom. The van der Waals surface area contributed by atoms with Crippen LogP contribution in [-0.4, -0.2) is 19.4 Å². The molecule has 3 nitrogen and oxygen atoms in total. The number of nitrogens with one attached hydrogen (secondary N) is 1. The van der Waals surface area contributed by atoms with Gasteiger partial charge in [-0.25, -0.2) is 0 Å². The highest BCUT2D eigenvalue weighted by atomic mass is 16.1. The number of unbranched alkanes of at least 4 members (excludes halogenated alkanes) is 1. The quantitative estimate of drug-likeness (QED) is 0.372. The summed E-state index contributed by atoms with van der Waals surface area (Å²) in [5.74, 6) is 1.42. The number of anilines is 1. The van der Waals surface area contributed by atoms with Gasteiger partial charge in [0, 0.05) is 18.8 Å². The van der Waals surface area contributed by atoms with Crippen molar-refractivity contribution in [3.8, 4) is 0 Å². The van der Waals surface area contributed by atoms with E-state index in [2.05, 4.69) is 75.5 Å². The molecule has 0 amide bonds. The van der Waals surface area contributed by atoms with Crippen LogP contribution in [0, 0.1) is 5.92 Å². The molecule has 0 saturated heterocycles. The summed E-state index contributed by atoms with van der Waals surface area (Å²) in [6.07, 6.45) is 11.8. The third kappa shape index (κ3) is 10.0. The first-order valence-corrected chi connectivity index (χ1v) is 13.5. The molecule has 0 aromatic heterocycles. The number of carbonyl (C=O) groups excluding carboxylic acids is 1. The van der Waals surface area contributed by atoms with E-state index in [0.29, 0.717) is 12.0 Å². The standard InChI is InChI=1S/C22H29N.C7H17N.C2H4O/c1-4-7-17-12-13-20(23-3)14-19(17)15-22-16(2)10-11-18-8-5-6-9-21(18)22;1-3-5-6-7(8)4-2;1-2-3/h5-6,8-9,12-14,16,22-23H,4,7,10-11,15H2,1-3H3;7H,3-6,8H2,1-2H3;2H,1H3/t16?,22-;7-;/m11./s1. The van der Waals surface area contributed by atoms with Gasteiger partial charge in [0.15, 0.2) is 0 Å². The predicted octanol–water partition coefficient (Wildman–Crippen LogP) is 7.71. The van der Waals surface area contributed by atoms with Crippen molar-refractivity contribution in [2.75, 3.05) is 12.4 Å². The third-order valence-electron chi connectivity index (χ3n) is 6.92. The molecule has 1 aliphatic rings. The van der Waals surface area contributed by atoms with Crippen LogP contribution in [0.15, 0.2) is 42.5 Å². The molecule has 3 atom stereocenters. The molecule has 0 aliphatic heterocycles. The highest BCUT2D eigenvalue weighted by molar-refractivity contribution is 5.49. The topological polar surface area (TPSA) is 55.1 Å². The number of fused-ring (bicyclic) bond motifs is 1. The minimum absolute atomic E-state index is 0.454. The van der Waals surface area contributed by atoms with E-state index in [0.717, 1.165) is 18.6 Å². The van der Waals surface area contributed by atoms with E-state index < -0.39 is 0 Å². The first-order valence-electron chi connectivity index (χ1n) is 13.5. The van der Waals surface area contributed by atoms with Gasteiger partial charge in [-0.15, -0.1) is 0 Å². The molecular formula is C31H50N2O. The van der Waals surface area contributed by atoms with E-state index in [1.54, 1.807) is 11.1 Å². The first kappa shape index (κ1) is 29.9. The van der Waals surface area contributed by atoms with Crippen molar-refractivity contribution in [2.24, 2.45) is 11.7 Å². The Hall–Kier alpha value is -2.13. The summed E-state index contributed by atoms with van der Waals surface area (Å²) in [4.78, 5) is 8.81. The number of benzene rings is 2. The Balaban J connectivity index is 0.000000443. The monoisotopic (exact) mass is 466 g/mol. The molecule has 0 radical (unpaired) electrons. The SMILES string of the molecule is CC=O.CCCC[C@H](N)CC.CCCc1ccc(NC)cc1C[C@H]1c2ccccc2CCC1C. The number of carbonyl (C=O) groups is 1. The Labute approximate surface area is 209 Å². The van der Waals surface area contributed by atoms with Gasteiger partial charge < -0.3 is 15.8 Å². The summed E-state index contributed by atoms with van der Waals surface area (Å²) in [6.45, 7) is 10.5. The van der Waals surface area contributed by atoms with E-state index >= 15 is 0 Å². The number of hydrogen-bond acceptors (Lipinski definition) is 3. The maximum Gasteiger partial charge on any atom is 0.116 e. The fourth-order valence-corrected chi connectivity index (χ4v) is 4.72. The molecular weight excluding hydrogens is 416 g/mol. The zero-order chi connectivity index (χ0) is 25.3. The van der Waals surface area contributed by atoms with Gasteiger partial charge in [-0.05, 0) is 91.7 Å². The maximum absolute atomic E-state index is 8.81.